The van der Waals surface area contributed by atoms with Gasteiger partial charge in [0.1, 0.15) is 11.4 Å². The number of hydrogen-bond acceptors (Lipinski definition) is 4. The van der Waals surface area contributed by atoms with Gasteiger partial charge in [-0.15, -0.1) is 0 Å². The molecule has 0 atom stereocenters. The topological polar surface area (TPSA) is 64.8 Å². The summed E-state index contributed by atoms with van der Waals surface area (Å²) in [6.45, 7) is 10.4. The van der Waals surface area contributed by atoms with E-state index in [0.717, 1.165) is 30.8 Å². The Bertz CT molecular complexity index is 546. The fourth-order valence-electron chi connectivity index (χ4n) is 2.53. The first kappa shape index (κ1) is 17.6. The average molecular weight is 320 g/mol. The first-order valence-electron chi connectivity index (χ1n) is 8.19. The molecule has 1 aliphatic rings. The molecular weight excluding hydrogens is 292 g/mol. The molecule has 0 spiro atoms. The maximum absolute atomic E-state index is 11.8. The molecule has 0 saturated carbocycles. The smallest absolute Gasteiger partial charge is 0.410 e. The molecule has 1 aliphatic heterocycles. The summed E-state index contributed by atoms with van der Waals surface area (Å²) in [6.07, 6.45) is 0.714. The third-order valence-corrected chi connectivity index (χ3v) is 3.94. The van der Waals surface area contributed by atoms with Gasteiger partial charge in [0.2, 0.25) is 0 Å². The lowest BCUT2D eigenvalue weighted by molar-refractivity contribution is -0.00383. The largest absolute Gasteiger partial charge is 0.494 e. The number of amides is 1. The van der Waals surface area contributed by atoms with Crippen molar-refractivity contribution in [1.29, 1.82) is 0 Å². The van der Waals surface area contributed by atoms with Crippen LogP contribution in [0.15, 0.2) is 18.2 Å². The minimum Gasteiger partial charge on any atom is -0.494 e. The molecule has 128 valence electrons. The van der Waals surface area contributed by atoms with Gasteiger partial charge in [-0.3, -0.25) is 0 Å². The SMILES string of the molecule is Cc1ccc(OCCC2CN(C(=O)OC(C)(C)C)C2)cc1CN. The number of carbonyl (C=O) groups is 1. The van der Waals surface area contributed by atoms with E-state index in [1.54, 1.807) is 4.90 Å². The molecule has 1 aromatic carbocycles. The highest BCUT2D eigenvalue weighted by Gasteiger charge is 2.33. The molecule has 5 nitrogen and oxygen atoms in total. The summed E-state index contributed by atoms with van der Waals surface area (Å²) >= 11 is 0. The third-order valence-electron chi connectivity index (χ3n) is 3.94. The van der Waals surface area contributed by atoms with Crippen molar-refractivity contribution in [2.75, 3.05) is 19.7 Å². The molecule has 2 N–H and O–H groups in total. The standard InChI is InChI=1S/C18H28N2O3/c1-13-5-6-16(9-15(13)10-19)22-8-7-14-11-20(12-14)17(21)23-18(2,3)4/h5-6,9,14H,7-8,10-12,19H2,1-4H3. The van der Waals surface area contributed by atoms with Crippen molar-refractivity contribution in [3.05, 3.63) is 29.3 Å². The molecule has 23 heavy (non-hydrogen) atoms. The zero-order valence-electron chi connectivity index (χ0n) is 14.6. The van der Waals surface area contributed by atoms with Crippen LogP contribution in [-0.4, -0.2) is 36.3 Å². The molecule has 0 aliphatic carbocycles. The molecule has 0 bridgehead atoms. The van der Waals surface area contributed by atoms with Crippen molar-refractivity contribution in [3.8, 4) is 5.75 Å². The van der Waals surface area contributed by atoms with Crippen LogP contribution in [0.5, 0.6) is 5.75 Å². The molecule has 0 radical (unpaired) electrons. The van der Waals surface area contributed by atoms with Crippen molar-refractivity contribution >= 4 is 6.09 Å². The number of nitrogens with two attached hydrogens (primary N) is 1. The van der Waals surface area contributed by atoms with Gasteiger partial charge in [0.15, 0.2) is 0 Å². The van der Waals surface area contributed by atoms with E-state index in [4.69, 9.17) is 15.2 Å². The summed E-state index contributed by atoms with van der Waals surface area (Å²) in [4.78, 5) is 13.6. The Hall–Kier alpha value is -1.75. The minimum atomic E-state index is -0.433. The van der Waals surface area contributed by atoms with Crippen LogP contribution in [0.4, 0.5) is 4.79 Å². The zero-order valence-corrected chi connectivity index (χ0v) is 14.6. The van der Waals surface area contributed by atoms with Crippen molar-refractivity contribution in [2.45, 2.75) is 46.3 Å². The molecule has 5 heteroatoms. The molecule has 2 rings (SSSR count). The molecule has 1 amide bonds. The number of carbonyl (C=O) groups excluding carboxylic acids is 1. The molecule has 1 heterocycles. The number of ether oxygens (including phenoxy) is 2. The van der Waals surface area contributed by atoms with Crippen molar-refractivity contribution < 1.29 is 14.3 Å². The van der Waals surface area contributed by atoms with Crippen LogP contribution < -0.4 is 10.5 Å². The van der Waals surface area contributed by atoms with Crippen LogP contribution >= 0.6 is 0 Å². The number of benzene rings is 1. The number of likely N-dealkylation sites (tertiary alicyclic amines) is 1. The van der Waals surface area contributed by atoms with E-state index in [1.807, 2.05) is 45.9 Å². The Morgan fingerprint density at radius 2 is 2.04 bits per heavy atom. The van der Waals surface area contributed by atoms with Crippen LogP contribution in [0.25, 0.3) is 0 Å². The van der Waals surface area contributed by atoms with Gasteiger partial charge in [-0.1, -0.05) is 6.07 Å². The highest BCUT2D eigenvalue weighted by molar-refractivity contribution is 5.69. The monoisotopic (exact) mass is 320 g/mol. The normalized spacial score (nSPS) is 15.3. The first-order chi connectivity index (χ1) is 10.8. The second-order valence-electron chi connectivity index (χ2n) is 7.18. The summed E-state index contributed by atoms with van der Waals surface area (Å²) < 4.78 is 11.1. The predicted molar refractivity (Wildman–Crippen MR) is 90.5 cm³/mol. The first-order valence-corrected chi connectivity index (χ1v) is 8.19. The molecule has 1 saturated heterocycles. The molecule has 1 fully saturated rings. The average Bonchev–Trinajstić information content (AvgIpc) is 2.40. The summed E-state index contributed by atoms with van der Waals surface area (Å²) in [5.41, 5.74) is 7.58. The van der Waals surface area contributed by atoms with Gasteiger partial charge >= 0.3 is 6.09 Å². The summed E-state index contributed by atoms with van der Waals surface area (Å²) in [5, 5.41) is 0. The second kappa shape index (κ2) is 7.21. The van der Waals surface area contributed by atoms with Gasteiger partial charge in [0.25, 0.3) is 0 Å². The lowest BCUT2D eigenvalue weighted by Crippen LogP contribution is -2.51. The van der Waals surface area contributed by atoms with Crippen molar-refractivity contribution in [1.82, 2.24) is 4.90 Å². The van der Waals surface area contributed by atoms with E-state index in [9.17, 15) is 4.79 Å². The van der Waals surface area contributed by atoms with E-state index in [0.29, 0.717) is 19.1 Å². The van der Waals surface area contributed by atoms with Gasteiger partial charge in [0.05, 0.1) is 6.61 Å². The lowest BCUT2D eigenvalue weighted by Gasteiger charge is -2.39. The van der Waals surface area contributed by atoms with E-state index < -0.39 is 5.60 Å². The Morgan fingerprint density at radius 1 is 1.35 bits per heavy atom. The van der Waals surface area contributed by atoms with Gasteiger partial charge in [-0.2, -0.15) is 0 Å². The molecule has 0 aromatic heterocycles. The fraction of sp³-hybridized carbons (Fsp3) is 0.611. The minimum absolute atomic E-state index is 0.221. The van der Waals surface area contributed by atoms with Crippen LogP contribution in [-0.2, 0) is 11.3 Å². The quantitative estimate of drug-likeness (QED) is 0.905. The number of aryl methyl sites for hydroxylation is 1. The Labute approximate surface area is 138 Å². The van der Waals surface area contributed by atoms with E-state index in [2.05, 4.69) is 0 Å². The van der Waals surface area contributed by atoms with Crippen molar-refractivity contribution in [3.63, 3.8) is 0 Å². The van der Waals surface area contributed by atoms with Crippen molar-refractivity contribution in [2.24, 2.45) is 11.7 Å². The summed E-state index contributed by atoms with van der Waals surface area (Å²) in [5.74, 6) is 1.35. The Balaban J connectivity index is 1.68. The molecule has 1 aromatic rings. The van der Waals surface area contributed by atoms with Gasteiger partial charge in [-0.25, -0.2) is 4.79 Å². The van der Waals surface area contributed by atoms with Crippen LogP contribution in [0, 0.1) is 12.8 Å². The van der Waals surface area contributed by atoms with E-state index in [-0.39, 0.29) is 6.09 Å². The maximum Gasteiger partial charge on any atom is 0.410 e. The summed E-state index contributed by atoms with van der Waals surface area (Å²) in [6, 6.07) is 6.01. The van der Waals surface area contributed by atoms with E-state index >= 15 is 0 Å². The highest BCUT2D eigenvalue weighted by Crippen LogP contribution is 2.23. The number of nitrogens with zero attached hydrogens (tertiary/aromatic N) is 1. The van der Waals surface area contributed by atoms with Crippen LogP contribution in [0.2, 0.25) is 0 Å². The third kappa shape index (κ3) is 5.13. The van der Waals surface area contributed by atoms with Crippen LogP contribution in [0.1, 0.15) is 38.3 Å². The summed E-state index contributed by atoms with van der Waals surface area (Å²) in [7, 11) is 0. The Kier molecular flexibility index (Phi) is 5.52. The number of rotatable bonds is 5. The molecular formula is C18H28N2O3. The highest BCUT2D eigenvalue weighted by atomic mass is 16.6. The van der Waals surface area contributed by atoms with Crippen LogP contribution in [0.3, 0.4) is 0 Å². The fourth-order valence-corrected chi connectivity index (χ4v) is 2.53. The van der Waals surface area contributed by atoms with Gasteiger partial charge in [0, 0.05) is 19.6 Å². The Morgan fingerprint density at radius 3 is 2.65 bits per heavy atom. The van der Waals surface area contributed by atoms with Gasteiger partial charge < -0.3 is 20.1 Å². The van der Waals surface area contributed by atoms with Gasteiger partial charge in [-0.05, 0) is 63.3 Å². The lowest BCUT2D eigenvalue weighted by atomic mass is 9.97. The molecule has 0 unspecified atom stereocenters. The maximum atomic E-state index is 11.8. The van der Waals surface area contributed by atoms with E-state index in [1.165, 1.54) is 5.56 Å². The second-order valence-corrected chi connectivity index (χ2v) is 7.18. The predicted octanol–water partition coefficient (Wildman–Crippen LogP) is 3.09. The zero-order chi connectivity index (χ0) is 17.0. The number of hydrogen-bond donors (Lipinski definition) is 1.